The van der Waals surface area contributed by atoms with Crippen LogP contribution < -0.4 is 5.32 Å². The van der Waals surface area contributed by atoms with E-state index < -0.39 is 0 Å². The Labute approximate surface area is 97.9 Å². The van der Waals surface area contributed by atoms with E-state index in [1.165, 1.54) is 18.4 Å². The molecule has 0 unspecified atom stereocenters. The van der Waals surface area contributed by atoms with Crippen LogP contribution in [-0.2, 0) is 6.42 Å². The average Bonchev–Trinajstić information content (AvgIpc) is 3.13. The van der Waals surface area contributed by atoms with Crippen molar-refractivity contribution in [3.05, 3.63) is 30.1 Å². The Morgan fingerprint density at radius 3 is 3.00 bits per heavy atom. The van der Waals surface area contributed by atoms with Crippen LogP contribution in [0.25, 0.3) is 0 Å². The summed E-state index contributed by atoms with van der Waals surface area (Å²) in [6.07, 6.45) is 7.62. The van der Waals surface area contributed by atoms with Crippen molar-refractivity contribution in [2.75, 3.05) is 26.7 Å². The van der Waals surface area contributed by atoms with Gasteiger partial charge in [-0.3, -0.25) is 4.98 Å². The lowest BCUT2D eigenvalue weighted by atomic mass is 10.2. The van der Waals surface area contributed by atoms with Crippen molar-refractivity contribution in [3.63, 3.8) is 0 Å². The Kier molecular flexibility index (Phi) is 4.31. The second-order valence-corrected chi connectivity index (χ2v) is 4.57. The fraction of sp³-hybridized carbons (Fsp3) is 0.615. The molecule has 2 rings (SSSR count). The molecule has 1 aliphatic rings. The smallest absolute Gasteiger partial charge is 0.0300 e. The highest BCUT2D eigenvalue weighted by atomic mass is 15.2. The molecule has 1 aliphatic carbocycles. The molecule has 1 fully saturated rings. The first-order valence-electron chi connectivity index (χ1n) is 6.16. The normalized spacial score (nSPS) is 15.6. The number of hydrogen-bond acceptors (Lipinski definition) is 3. The molecule has 1 saturated carbocycles. The predicted molar refractivity (Wildman–Crippen MR) is 66.5 cm³/mol. The zero-order valence-corrected chi connectivity index (χ0v) is 10.0. The van der Waals surface area contributed by atoms with E-state index in [1.807, 2.05) is 18.5 Å². The summed E-state index contributed by atoms with van der Waals surface area (Å²) in [4.78, 5) is 6.56. The molecule has 0 saturated heterocycles. The monoisotopic (exact) mass is 219 g/mol. The van der Waals surface area contributed by atoms with Crippen molar-refractivity contribution in [1.82, 2.24) is 15.2 Å². The highest BCUT2D eigenvalue weighted by Gasteiger charge is 2.25. The van der Waals surface area contributed by atoms with Crippen LogP contribution in [0.15, 0.2) is 24.5 Å². The van der Waals surface area contributed by atoms with Gasteiger partial charge in [-0.2, -0.15) is 0 Å². The average molecular weight is 219 g/mol. The number of aromatic nitrogens is 1. The number of nitrogens with one attached hydrogen (secondary N) is 1. The van der Waals surface area contributed by atoms with Gasteiger partial charge in [-0.1, -0.05) is 6.07 Å². The van der Waals surface area contributed by atoms with Gasteiger partial charge in [0.2, 0.25) is 0 Å². The molecule has 88 valence electrons. The zero-order valence-electron chi connectivity index (χ0n) is 10.0. The molecule has 1 aromatic rings. The van der Waals surface area contributed by atoms with Crippen molar-refractivity contribution in [3.8, 4) is 0 Å². The zero-order chi connectivity index (χ0) is 11.2. The topological polar surface area (TPSA) is 28.2 Å². The summed E-state index contributed by atoms with van der Waals surface area (Å²) in [5.74, 6) is 0. The molecule has 0 spiro atoms. The van der Waals surface area contributed by atoms with Crippen molar-refractivity contribution in [2.24, 2.45) is 0 Å². The van der Waals surface area contributed by atoms with E-state index in [1.54, 1.807) is 0 Å². The number of nitrogens with zero attached hydrogens (tertiary/aromatic N) is 2. The highest BCUT2D eigenvalue weighted by Crippen LogP contribution is 2.24. The predicted octanol–water partition coefficient (Wildman–Crippen LogP) is 1.31. The van der Waals surface area contributed by atoms with Crippen LogP contribution in [0.2, 0.25) is 0 Å². The fourth-order valence-electron chi connectivity index (χ4n) is 1.86. The van der Waals surface area contributed by atoms with Crippen LogP contribution in [0.1, 0.15) is 18.4 Å². The Hall–Kier alpha value is -0.930. The van der Waals surface area contributed by atoms with E-state index in [4.69, 9.17) is 0 Å². The van der Waals surface area contributed by atoms with Crippen molar-refractivity contribution < 1.29 is 0 Å². The van der Waals surface area contributed by atoms with Gasteiger partial charge in [-0.25, -0.2) is 0 Å². The summed E-state index contributed by atoms with van der Waals surface area (Å²) >= 11 is 0. The summed E-state index contributed by atoms with van der Waals surface area (Å²) in [7, 11) is 2.22. The first-order valence-corrected chi connectivity index (χ1v) is 6.16. The quantitative estimate of drug-likeness (QED) is 0.701. The minimum absolute atomic E-state index is 0.875. The Bertz CT molecular complexity index is 295. The molecule has 1 aromatic heterocycles. The summed E-state index contributed by atoms with van der Waals surface area (Å²) in [6.45, 7) is 3.30. The lowest BCUT2D eigenvalue weighted by Gasteiger charge is -2.15. The van der Waals surface area contributed by atoms with E-state index in [0.717, 1.165) is 32.1 Å². The molecule has 0 aliphatic heterocycles. The first-order chi connectivity index (χ1) is 7.86. The number of likely N-dealkylation sites (N-methyl/N-ethyl adjacent to an activating group) is 1. The van der Waals surface area contributed by atoms with E-state index in [0.29, 0.717) is 0 Å². The minimum atomic E-state index is 0.875. The van der Waals surface area contributed by atoms with Gasteiger partial charge in [0, 0.05) is 31.5 Å². The minimum Gasteiger partial charge on any atom is -0.315 e. The summed E-state index contributed by atoms with van der Waals surface area (Å²) < 4.78 is 0. The van der Waals surface area contributed by atoms with E-state index in [9.17, 15) is 0 Å². The third kappa shape index (κ3) is 3.91. The largest absolute Gasteiger partial charge is 0.315 e. The fourth-order valence-corrected chi connectivity index (χ4v) is 1.86. The Balaban J connectivity index is 1.52. The van der Waals surface area contributed by atoms with Crippen LogP contribution in [-0.4, -0.2) is 42.6 Å². The summed E-state index contributed by atoms with van der Waals surface area (Å²) in [6, 6.07) is 5.00. The standard InChI is InChI=1S/C13H21N3/c1-16(13-4-5-13)10-9-14-8-6-12-3-2-7-15-11-12/h2-3,7,11,13-14H,4-6,8-10H2,1H3. The third-order valence-electron chi connectivity index (χ3n) is 3.12. The van der Waals surface area contributed by atoms with Gasteiger partial charge in [-0.15, -0.1) is 0 Å². The maximum absolute atomic E-state index is 4.11. The van der Waals surface area contributed by atoms with Crippen LogP contribution in [0.3, 0.4) is 0 Å². The van der Waals surface area contributed by atoms with Gasteiger partial charge in [0.25, 0.3) is 0 Å². The Morgan fingerprint density at radius 1 is 1.44 bits per heavy atom. The lowest BCUT2D eigenvalue weighted by molar-refractivity contribution is 0.322. The van der Waals surface area contributed by atoms with Gasteiger partial charge in [0.15, 0.2) is 0 Å². The molecule has 1 heterocycles. The van der Waals surface area contributed by atoms with Crippen molar-refractivity contribution in [1.29, 1.82) is 0 Å². The SMILES string of the molecule is CN(CCNCCc1cccnc1)C1CC1. The van der Waals surface area contributed by atoms with Gasteiger partial charge >= 0.3 is 0 Å². The van der Waals surface area contributed by atoms with Crippen molar-refractivity contribution >= 4 is 0 Å². The van der Waals surface area contributed by atoms with Gasteiger partial charge in [0.1, 0.15) is 0 Å². The molecule has 3 nitrogen and oxygen atoms in total. The van der Waals surface area contributed by atoms with E-state index >= 15 is 0 Å². The second kappa shape index (κ2) is 5.97. The number of pyridine rings is 1. The van der Waals surface area contributed by atoms with Gasteiger partial charge < -0.3 is 10.2 Å². The molecule has 1 N–H and O–H groups in total. The molecule has 0 radical (unpaired) electrons. The molecule has 3 heteroatoms. The molecule has 16 heavy (non-hydrogen) atoms. The highest BCUT2D eigenvalue weighted by molar-refractivity contribution is 5.08. The van der Waals surface area contributed by atoms with Crippen LogP contribution in [0.4, 0.5) is 0 Å². The van der Waals surface area contributed by atoms with Crippen molar-refractivity contribution in [2.45, 2.75) is 25.3 Å². The van der Waals surface area contributed by atoms with Crippen LogP contribution in [0, 0.1) is 0 Å². The molecule has 0 amide bonds. The number of rotatable bonds is 7. The molecule has 0 aromatic carbocycles. The summed E-state index contributed by atoms with van der Waals surface area (Å²) in [5.41, 5.74) is 1.31. The maximum Gasteiger partial charge on any atom is 0.0300 e. The van der Waals surface area contributed by atoms with Gasteiger partial charge in [0.05, 0.1) is 0 Å². The van der Waals surface area contributed by atoms with Gasteiger partial charge in [-0.05, 0) is 44.5 Å². The van der Waals surface area contributed by atoms with E-state index in [-0.39, 0.29) is 0 Å². The molecular weight excluding hydrogens is 198 g/mol. The second-order valence-electron chi connectivity index (χ2n) is 4.57. The van der Waals surface area contributed by atoms with Crippen LogP contribution in [0.5, 0.6) is 0 Å². The molecule has 0 atom stereocenters. The molecule has 0 bridgehead atoms. The third-order valence-corrected chi connectivity index (χ3v) is 3.12. The lowest BCUT2D eigenvalue weighted by Crippen LogP contribution is -2.31. The van der Waals surface area contributed by atoms with Crippen LogP contribution >= 0.6 is 0 Å². The summed E-state index contributed by atoms with van der Waals surface area (Å²) in [5, 5.41) is 3.48. The van der Waals surface area contributed by atoms with E-state index in [2.05, 4.69) is 28.3 Å². The molecular formula is C13H21N3. The Morgan fingerprint density at radius 2 is 2.31 bits per heavy atom. The first kappa shape index (κ1) is 11.6. The maximum atomic E-state index is 4.11. The number of hydrogen-bond donors (Lipinski definition) is 1.